The summed E-state index contributed by atoms with van der Waals surface area (Å²) in [4.78, 5) is 11.8. The summed E-state index contributed by atoms with van der Waals surface area (Å²) in [7, 11) is 0. The molecule has 4 nitrogen and oxygen atoms in total. The fourth-order valence-corrected chi connectivity index (χ4v) is 2.36. The van der Waals surface area contributed by atoms with Gasteiger partial charge in [-0.25, -0.2) is 0 Å². The molecule has 0 saturated heterocycles. The summed E-state index contributed by atoms with van der Waals surface area (Å²) in [6.07, 6.45) is 3.04. The average Bonchev–Trinajstić information content (AvgIpc) is 2.60. The highest BCUT2D eigenvalue weighted by Crippen LogP contribution is 2.31. The lowest BCUT2D eigenvalue weighted by molar-refractivity contribution is -0.115. The first-order valence-corrected chi connectivity index (χ1v) is 8.23. The zero-order valence-electron chi connectivity index (χ0n) is 13.9. The van der Waals surface area contributed by atoms with Gasteiger partial charge in [-0.05, 0) is 29.7 Å². The third kappa shape index (κ3) is 5.13. The van der Waals surface area contributed by atoms with E-state index in [9.17, 15) is 4.79 Å². The molecule has 2 rings (SSSR count). The second-order valence-corrected chi connectivity index (χ2v) is 5.52. The summed E-state index contributed by atoms with van der Waals surface area (Å²) in [6.45, 7) is 2.75. The van der Waals surface area contributed by atoms with E-state index in [1.165, 1.54) is 0 Å². The number of nitrogens with zero attached hydrogens (tertiary/aromatic N) is 1. The number of unbranched alkanes of at least 4 members (excludes halogenated alkanes) is 2. The number of carbonyl (C=O) groups excluding carboxylic acids is 1. The zero-order chi connectivity index (χ0) is 17.2. The number of rotatable bonds is 8. The van der Waals surface area contributed by atoms with E-state index in [4.69, 9.17) is 10.00 Å². The van der Waals surface area contributed by atoms with Crippen LogP contribution in [0.3, 0.4) is 0 Å². The highest BCUT2D eigenvalue weighted by atomic mass is 16.5. The van der Waals surface area contributed by atoms with Gasteiger partial charge in [-0.15, -0.1) is 0 Å². The quantitative estimate of drug-likeness (QED) is 0.712. The molecule has 0 unspecified atom stereocenters. The molecule has 0 spiro atoms. The van der Waals surface area contributed by atoms with Crippen LogP contribution in [0.4, 0.5) is 5.69 Å². The second kappa shape index (κ2) is 9.36. The minimum atomic E-state index is -0.332. The molecular weight excluding hydrogens is 300 g/mol. The number of hydrogen-bond donors (Lipinski definition) is 1. The van der Waals surface area contributed by atoms with Gasteiger partial charge in [0.25, 0.3) is 0 Å². The van der Waals surface area contributed by atoms with E-state index in [-0.39, 0.29) is 12.3 Å². The third-order valence-corrected chi connectivity index (χ3v) is 3.61. The van der Waals surface area contributed by atoms with Gasteiger partial charge in [-0.2, -0.15) is 5.26 Å². The maximum absolute atomic E-state index is 11.8. The van der Waals surface area contributed by atoms with Gasteiger partial charge in [0, 0.05) is 0 Å². The standard InChI is InChI=1S/C20H22N2O2/c1-2-3-7-14-24-19-11-10-17(16-8-5-4-6-9-16)15-18(19)22-20(23)12-13-21/h4-6,8-11,15H,2-3,7,12,14H2,1H3,(H,22,23). The van der Waals surface area contributed by atoms with Crippen LogP contribution in [0.1, 0.15) is 32.6 Å². The van der Waals surface area contributed by atoms with Crippen molar-refractivity contribution < 1.29 is 9.53 Å². The molecule has 24 heavy (non-hydrogen) atoms. The van der Waals surface area contributed by atoms with Crippen molar-refractivity contribution in [2.24, 2.45) is 0 Å². The molecule has 0 heterocycles. The zero-order valence-corrected chi connectivity index (χ0v) is 13.9. The number of nitriles is 1. The van der Waals surface area contributed by atoms with E-state index in [1.54, 1.807) is 0 Å². The highest BCUT2D eigenvalue weighted by Gasteiger charge is 2.10. The lowest BCUT2D eigenvalue weighted by atomic mass is 10.0. The molecule has 0 aromatic heterocycles. The Morgan fingerprint density at radius 1 is 1.12 bits per heavy atom. The van der Waals surface area contributed by atoms with Gasteiger partial charge < -0.3 is 10.1 Å². The van der Waals surface area contributed by atoms with Crippen LogP contribution in [0.2, 0.25) is 0 Å². The largest absolute Gasteiger partial charge is 0.491 e. The molecule has 1 N–H and O–H groups in total. The maximum Gasteiger partial charge on any atom is 0.238 e. The Balaban J connectivity index is 2.22. The summed E-state index contributed by atoms with van der Waals surface area (Å²) in [6, 6.07) is 17.5. The normalized spacial score (nSPS) is 10.0. The molecule has 2 aromatic carbocycles. The van der Waals surface area contributed by atoms with Crippen LogP contribution in [-0.4, -0.2) is 12.5 Å². The van der Waals surface area contributed by atoms with Crippen molar-refractivity contribution >= 4 is 11.6 Å². The number of hydrogen-bond acceptors (Lipinski definition) is 3. The topological polar surface area (TPSA) is 62.1 Å². The van der Waals surface area contributed by atoms with Gasteiger partial charge in [0.2, 0.25) is 5.91 Å². The first-order chi connectivity index (χ1) is 11.7. The van der Waals surface area contributed by atoms with Gasteiger partial charge in [-0.1, -0.05) is 56.2 Å². The van der Waals surface area contributed by atoms with Crippen molar-refractivity contribution in [3.8, 4) is 22.9 Å². The van der Waals surface area contributed by atoms with Gasteiger partial charge in [-0.3, -0.25) is 4.79 Å². The fourth-order valence-electron chi connectivity index (χ4n) is 2.36. The number of carbonyl (C=O) groups is 1. The van der Waals surface area contributed by atoms with E-state index in [0.717, 1.165) is 30.4 Å². The Labute approximate surface area is 143 Å². The Morgan fingerprint density at radius 2 is 1.92 bits per heavy atom. The van der Waals surface area contributed by atoms with Crippen LogP contribution < -0.4 is 10.1 Å². The molecule has 0 bridgehead atoms. The highest BCUT2D eigenvalue weighted by molar-refractivity contribution is 5.94. The number of amides is 1. The number of nitrogens with one attached hydrogen (secondary N) is 1. The van der Waals surface area contributed by atoms with E-state index in [2.05, 4.69) is 12.2 Å². The molecule has 0 aliphatic rings. The van der Waals surface area contributed by atoms with Crippen LogP contribution >= 0.6 is 0 Å². The summed E-state index contributed by atoms with van der Waals surface area (Å²) < 4.78 is 5.81. The van der Waals surface area contributed by atoms with Crippen LogP contribution in [0.15, 0.2) is 48.5 Å². The van der Waals surface area contributed by atoms with Crippen molar-refractivity contribution in [1.29, 1.82) is 5.26 Å². The molecule has 124 valence electrons. The smallest absolute Gasteiger partial charge is 0.238 e. The monoisotopic (exact) mass is 322 g/mol. The van der Waals surface area contributed by atoms with Gasteiger partial charge in [0.1, 0.15) is 12.2 Å². The van der Waals surface area contributed by atoms with E-state index in [1.807, 2.05) is 54.6 Å². The van der Waals surface area contributed by atoms with Crippen molar-refractivity contribution in [3.63, 3.8) is 0 Å². The molecule has 2 aromatic rings. The maximum atomic E-state index is 11.8. The molecule has 0 aliphatic heterocycles. The first kappa shape index (κ1) is 17.6. The first-order valence-electron chi connectivity index (χ1n) is 8.23. The second-order valence-electron chi connectivity index (χ2n) is 5.52. The third-order valence-electron chi connectivity index (χ3n) is 3.61. The van der Waals surface area contributed by atoms with E-state index in [0.29, 0.717) is 18.0 Å². The van der Waals surface area contributed by atoms with Crippen molar-refractivity contribution in [3.05, 3.63) is 48.5 Å². The molecule has 4 heteroatoms. The minimum Gasteiger partial charge on any atom is -0.491 e. The lowest BCUT2D eigenvalue weighted by Crippen LogP contribution is -2.12. The van der Waals surface area contributed by atoms with Gasteiger partial charge in [0.05, 0.1) is 18.4 Å². The summed E-state index contributed by atoms with van der Waals surface area (Å²) >= 11 is 0. The molecule has 0 fully saturated rings. The molecule has 0 radical (unpaired) electrons. The van der Waals surface area contributed by atoms with E-state index < -0.39 is 0 Å². The van der Waals surface area contributed by atoms with Gasteiger partial charge in [0.15, 0.2) is 0 Å². The van der Waals surface area contributed by atoms with Crippen LogP contribution in [0.5, 0.6) is 5.75 Å². The summed E-state index contributed by atoms with van der Waals surface area (Å²) in [5, 5.41) is 11.5. The SMILES string of the molecule is CCCCCOc1ccc(-c2ccccc2)cc1NC(=O)CC#N. The van der Waals surface area contributed by atoms with E-state index >= 15 is 0 Å². The van der Waals surface area contributed by atoms with Crippen LogP contribution in [-0.2, 0) is 4.79 Å². The van der Waals surface area contributed by atoms with Crippen molar-refractivity contribution in [2.75, 3.05) is 11.9 Å². The van der Waals surface area contributed by atoms with Crippen molar-refractivity contribution in [1.82, 2.24) is 0 Å². The van der Waals surface area contributed by atoms with Crippen LogP contribution in [0.25, 0.3) is 11.1 Å². The Morgan fingerprint density at radius 3 is 2.62 bits per heavy atom. The summed E-state index contributed by atoms with van der Waals surface area (Å²) in [5.74, 6) is 0.304. The van der Waals surface area contributed by atoms with Gasteiger partial charge >= 0.3 is 0 Å². The predicted octanol–water partition coefficient (Wildman–Crippen LogP) is 4.77. The minimum absolute atomic E-state index is 0.176. The fraction of sp³-hybridized carbons (Fsp3) is 0.300. The lowest BCUT2D eigenvalue weighted by Gasteiger charge is -2.14. The molecule has 0 saturated carbocycles. The molecule has 0 atom stereocenters. The number of anilines is 1. The Kier molecular flexibility index (Phi) is 6.85. The predicted molar refractivity (Wildman–Crippen MR) is 95.8 cm³/mol. The Bertz CT molecular complexity index is 705. The average molecular weight is 322 g/mol. The molecule has 0 aliphatic carbocycles. The number of ether oxygens (including phenoxy) is 1. The molecular formula is C20H22N2O2. The van der Waals surface area contributed by atoms with Crippen molar-refractivity contribution in [2.45, 2.75) is 32.6 Å². The number of benzene rings is 2. The summed E-state index contributed by atoms with van der Waals surface area (Å²) in [5.41, 5.74) is 2.66. The molecule has 1 amide bonds. The van der Waals surface area contributed by atoms with Crippen LogP contribution in [0, 0.1) is 11.3 Å². The Hall–Kier alpha value is -2.80.